The van der Waals surface area contributed by atoms with Crippen molar-refractivity contribution in [2.45, 2.75) is 26.2 Å². The molecule has 0 bridgehead atoms. The molecular formula is C11H22N2O3. The fourth-order valence-corrected chi connectivity index (χ4v) is 1.38. The summed E-state index contributed by atoms with van der Waals surface area (Å²) in [5, 5.41) is 11.3. The SMILES string of the molecule is CC(CC(=O)O)CC(=O)NCCCN(C)C. The first-order valence-electron chi connectivity index (χ1n) is 5.55. The average molecular weight is 230 g/mol. The van der Waals surface area contributed by atoms with Crippen LogP contribution in [0.15, 0.2) is 0 Å². The van der Waals surface area contributed by atoms with Crippen LogP contribution in [-0.4, -0.2) is 49.1 Å². The lowest BCUT2D eigenvalue weighted by Crippen LogP contribution is -2.28. The van der Waals surface area contributed by atoms with Crippen molar-refractivity contribution in [3.8, 4) is 0 Å². The molecule has 5 nitrogen and oxygen atoms in total. The zero-order chi connectivity index (χ0) is 12.6. The Balaban J connectivity index is 3.54. The molecule has 0 saturated carbocycles. The Bertz CT molecular complexity index is 229. The van der Waals surface area contributed by atoms with Gasteiger partial charge in [-0.05, 0) is 33.0 Å². The Kier molecular flexibility index (Phi) is 7.54. The van der Waals surface area contributed by atoms with E-state index in [1.165, 1.54) is 0 Å². The number of carbonyl (C=O) groups excluding carboxylic acids is 1. The van der Waals surface area contributed by atoms with Crippen LogP contribution in [0.3, 0.4) is 0 Å². The monoisotopic (exact) mass is 230 g/mol. The summed E-state index contributed by atoms with van der Waals surface area (Å²) in [5.41, 5.74) is 0. The molecular weight excluding hydrogens is 208 g/mol. The highest BCUT2D eigenvalue weighted by Gasteiger charge is 2.11. The molecule has 0 rings (SSSR count). The van der Waals surface area contributed by atoms with Gasteiger partial charge in [0.1, 0.15) is 0 Å². The molecule has 0 aliphatic carbocycles. The maximum atomic E-state index is 11.4. The van der Waals surface area contributed by atoms with Crippen LogP contribution in [-0.2, 0) is 9.59 Å². The minimum Gasteiger partial charge on any atom is -0.481 e. The van der Waals surface area contributed by atoms with E-state index in [1.807, 2.05) is 14.1 Å². The second-order valence-electron chi connectivity index (χ2n) is 4.41. The van der Waals surface area contributed by atoms with E-state index in [2.05, 4.69) is 10.2 Å². The first-order valence-corrected chi connectivity index (χ1v) is 5.55. The molecule has 0 aromatic carbocycles. The van der Waals surface area contributed by atoms with E-state index in [9.17, 15) is 9.59 Å². The van der Waals surface area contributed by atoms with E-state index < -0.39 is 5.97 Å². The lowest BCUT2D eigenvalue weighted by atomic mass is 10.0. The average Bonchev–Trinajstić information content (AvgIpc) is 2.10. The first kappa shape index (κ1) is 14.9. The third-order valence-corrected chi connectivity index (χ3v) is 2.16. The van der Waals surface area contributed by atoms with Crippen LogP contribution >= 0.6 is 0 Å². The third-order valence-electron chi connectivity index (χ3n) is 2.16. The number of carboxylic acid groups (broad SMARTS) is 1. The van der Waals surface area contributed by atoms with Gasteiger partial charge in [0, 0.05) is 19.4 Å². The second kappa shape index (κ2) is 8.10. The molecule has 1 amide bonds. The standard InChI is InChI=1S/C11H22N2O3/c1-9(8-11(15)16)7-10(14)12-5-4-6-13(2)3/h9H,4-8H2,1-3H3,(H,12,14)(H,15,16). The normalized spacial score (nSPS) is 12.5. The van der Waals surface area contributed by atoms with Crippen molar-refractivity contribution in [3.05, 3.63) is 0 Å². The molecule has 0 spiro atoms. The summed E-state index contributed by atoms with van der Waals surface area (Å²) in [6, 6.07) is 0. The molecule has 5 heteroatoms. The highest BCUT2D eigenvalue weighted by atomic mass is 16.4. The molecule has 0 fully saturated rings. The smallest absolute Gasteiger partial charge is 0.303 e. The van der Waals surface area contributed by atoms with Gasteiger partial charge in [0.15, 0.2) is 0 Å². The van der Waals surface area contributed by atoms with Crippen LogP contribution < -0.4 is 5.32 Å². The molecule has 0 radical (unpaired) electrons. The molecule has 1 atom stereocenters. The molecule has 0 aromatic heterocycles. The summed E-state index contributed by atoms with van der Waals surface area (Å²) in [6.45, 7) is 3.36. The number of rotatable bonds is 8. The van der Waals surface area contributed by atoms with Crippen molar-refractivity contribution < 1.29 is 14.7 Å². The number of hydrogen-bond donors (Lipinski definition) is 2. The molecule has 94 valence electrons. The van der Waals surface area contributed by atoms with Gasteiger partial charge in [-0.15, -0.1) is 0 Å². The highest BCUT2D eigenvalue weighted by Crippen LogP contribution is 2.06. The number of amides is 1. The topological polar surface area (TPSA) is 69.6 Å². The van der Waals surface area contributed by atoms with Gasteiger partial charge in [-0.25, -0.2) is 0 Å². The summed E-state index contributed by atoms with van der Waals surface area (Å²) in [7, 11) is 3.97. The van der Waals surface area contributed by atoms with E-state index in [4.69, 9.17) is 5.11 Å². The summed E-state index contributed by atoms with van der Waals surface area (Å²) >= 11 is 0. The number of carbonyl (C=O) groups is 2. The van der Waals surface area contributed by atoms with Crippen molar-refractivity contribution in [1.29, 1.82) is 0 Å². The Hall–Kier alpha value is -1.10. The second-order valence-corrected chi connectivity index (χ2v) is 4.41. The van der Waals surface area contributed by atoms with Crippen molar-refractivity contribution >= 4 is 11.9 Å². The summed E-state index contributed by atoms with van der Waals surface area (Å²) in [5.74, 6) is -1.02. The van der Waals surface area contributed by atoms with Crippen LogP contribution in [0.2, 0.25) is 0 Å². The summed E-state index contributed by atoms with van der Waals surface area (Å²) in [4.78, 5) is 23.8. The summed E-state index contributed by atoms with van der Waals surface area (Å²) in [6.07, 6.45) is 1.24. The molecule has 0 aromatic rings. The Labute approximate surface area is 96.8 Å². The fourth-order valence-electron chi connectivity index (χ4n) is 1.38. The minimum absolute atomic E-state index is 0.0467. The number of carboxylic acids is 1. The zero-order valence-corrected chi connectivity index (χ0v) is 10.3. The third kappa shape index (κ3) is 9.45. The maximum absolute atomic E-state index is 11.4. The Morgan fingerprint density at radius 2 is 1.94 bits per heavy atom. The number of nitrogens with one attached hydrogen (secondary N) is 1. The molecule has 16 heavy (non-hydrogen) atoms. The van der Waals surface area contributed by atoms with Crippen LogP contribution in [0, 0.1) is 5.92 Å². The quantitative estimate of drug-likeness (QED) is 0.598. The molecule has 0 saturated heterocycles. The molecule has 1 unspecified atom stereocenters. The van der Waals surface area contributed by atoms with E-state index in [0.717, 1.165) is 13.0 Å². The Morgan fingerprint density at radius 1 is 1.31 bits per heavy atom. The molecule has 0 heterocycles. The van der Waals surface area contributed by atoms with Crippen molar-refractivity contribution in [1.82, 2.24) is 10.2 Å². The largest absolute Gasteiger partial charge is 0.481 e. The molecule has 2 N–H and O–H groups in total. The van der Waals surface area contributed by atoms with Crippen LogP contribution in [0.25, 0.3) is 0 Å². The fraction of sp³-hybridized carbons (Fsp3) is 0.818. The molecule has 0 aliphatic rings. The van der Waals surface area contributed by atoms with Crippen molar-refractivity contribution in [2.24, 2.45) is 5.92 Å². The van der Waals surface area contributed by atoms with Gasteiger partial charge in [0.05, 0.1) is 0 Å². The van der Waals surface area contributed by atoms with Gasteiger partial charge in [0.25, 0.3) is 0 Å². The summed E-state index contributed by atoms with van der Waals surface area (Å²) < 4.78 is 0. The van der Waals surface area contributed by atoms with E-state index in [-0.39, 0.29) is 24.7 Å². The number of nitrogens with zero attached hydrogens (tertiary/aromatic N) is 1. The number of aliphatic carboxylic acids is 1. The van der Waals surface area contributed by atoms with Gasteiger partial charge < -0.3 is 15.3 Å². The van der Waals surface area contributed by atoms with Crippen molar-refractivity contribution in [2.75, 3.05) is 27.2 Å². The lowest BCUT2D eigenvalue weighted by Gasteiger charge is -2.11. The minimum atomic E-state index is -0.854. The van der Waals surface area contributed by atoms with E-state index >= 15 is 0 Å². The van der Waals surface area contributed by atoms with Crippen LogP contribution in [0.5, 0.6) is 0 Å². The predicted octanol–water partition coefficient (Wildman–Crippen LogP) is 0.555. The van der Waals surface area contributed by atoms with Gasteiger partial charge in [-0.1, -0.05) is 6.92 Å². The van der Waals surface area contributed by atoms with Gasteiger partial charge in [-0.3, -0.25) is 9.59 Å². The number of hydrogen-bond acceptors (Lipinski definition) is 3. The predicted molar refractivity (Wildman–Crippen MR) is 62.2 cm³/mol. The highest BCUT2D eigenvalue weighted by molar-refractivity contribution is 5.77. The van der Waals surface area contributed by atoms with Crippen LogP contribution in [0.4, 0.5) is 0 Å². The molecule has 0 aliphatic heterocycles. The van der Waals surface area contributed by atoms with Crippen LogP contribution in [0.1, 0.15) is 26.2 Å². The van der Waals surface area contributed by atoms with Gasteiger partial charge >= 0.3 is 5.97 Å². The van der Waals surface area contributed by atoms with Gasteiger partial charge in [-0.2, -0.15) is 0 Å². The van der Waals surface area contributed by atoms with E-state index in [1.54, 1.807) is 6.92 Å². The maximum Gasteiger partial charge on any atom is 0.303 e. The zero-order valence-electron chi connectivity index (χ0n) is 10.3. The lowest BCUT2D eigenvalue weighted by molar-refractivity contribution is -0.138. The Morgan fingerprint density at radius 3 is 2.44 bits per heavy atom. The van der Waals surface area contributed by atoms with E-state index in [0.29, 0.717) is 6.54 Å². The van der Waals surface area contributed by atoms with Crippen molar-refractivity contribution in [3.63, 3.8) is 0 Å². The van der Waals surface area contributed by atoms with Gasteiger partial charge in [0.2, 0.25) is 5.91 Å². The first-order chi connectivity index (χ1) is 7.41.